The lowest BCUT2D eigenvalue weighted by atomic mass is 10.1. The SMILES string of the molecule is Cn1c(=O)c2c(nc(-c3ccc(O)c(O)c3)n2Cc2ccc(O)c(O)c2)n(C)c1=O. The number of aromatic hydroxyl groups is 4. The second kappa shape index (κ2) is 6.69. The number of aryl methyl sites for hydroxylation is 1. The van der Waals surface area contributed by atoms with Gasteiger partial charge in [-0.2, -0.15) is 0 Å². The van der Waals surface area contributed by atoms with Crippen LogP contribution >= 0.6 is 0 Å². The summed E-state index contributed by atoms with van der Waals surface area (Å²) in [6.07, 6.45) is 0. The molecule has 0 bridgehead atoms. The van der Waals surface area contributed by atoms with Gasteiger partial charge < -0.3 is 25.0 Å². The van der Waals surface area contributed by atoms with Crippen LogP contribution in [0.25, 0.3) is 22.6 Å². The highest BCUT2D eigenvalue weighted by atomic mass is 16.3. The summed E-state index contributed by atoms with van der Waals surface area (Å²) >= 11 is 0. The van der Waals surface area contributed by atoms with E-state index >= 15 is 0 Å². The normalized spacial score (nSPS) is 11.3. The Labute approximate surface area is 168 Å². The van der Waals surface area contributed by atoms with Crippen LogP contribution in [0, 0.1) is 0 Å². The second-order valence-electron chi connectivity index (χ2n) is 6.93. The lowest BCUT2D eigenvalue weighted by Gasteiger charge is -2.11. The number of hydrogen-bond donors (Lipinski definition) is 4. The van der Waals surface area contributed by atoms with Gasteiger partial charge in [-0.15, -0.1) is 0 Å². The van der Waals surface area contributed by atoms with E-state index in [1.165, 1.54) is 49.0 Å². The summed E-state index contributed by atoms with van der Waals surface area (Å²) in [4.78, 5) is 29.7. The predicted octanol–water partition coefficient (Wildman–Crippen LogP) is 0.971. The van der Waals surface area contributed by atoms with Crippen LogP contribution in [0.2, 0.25) is 0 Å². The number of rotatable bonds is 3. The quantitative estimate of drug-likeness (QED) is 0.369. The van der Waals surface area contributed by atoms with E-state index < -0.39 is 11.2 Å². The van der Waals surface area contributed by atoms with Crippen LogP contribution < -0.4 is 11.2 Å². The number of phenols is 4. The zero-order valence-electron chi connectivity index (χ0n) is 16.1. The molecule has 30 heavy (non-hydrogen) atoms. The molecule has 2 aromatic heterocycles. The first-order valence-corrected chi connectivity index (χ1v) is 8.88. The summed E-state index contributed by atoms with van der Waals surface area (Å²) in [5.41, 5.74) is 0.157. The topological polar surface area (TPSA) is 143 Å². The van der Waals surface area contributed by atoms with Crippen molar-refractivity contribution in [2.45, 2.75) is 6.54 Å². The van der Waals surface area contributed by atoms with Crippen molar-refractivity contribution in [1.82, 2.24) is 18.7 Å². The van der Waals surface area contributed by atoms with Crippen molar-refractivity contribution in [3.63, 3.8) is 0 Å². The van der Waals surface area contributed by atoms with E-state index in [-0.39, 0.29) is 46.5 Å². The van der Waals surface area contributed by atoms with Gasteiger partial charge in [0, 0.05) is 19.7 Å². The van der Waals surface area contributed by atoms with Crippen LogP contribution in [0.5, 0.6) is 23.0 Å². The van der Waals surface area contributed by atoms with Crippen LogP contribution in [-0.2, 0) is 20.6 Å². The highest BCUT2D eigenvalue weighted by Gasteiger charge is 2.21. The number of aromatic nitrogens is 4. The summed E-state index contributed by atoms with van der Waals surface area (Å²) in [5, 5.41) is 38.9. The largest absolute Gasteiger partial charge is 0.504 e. The highest BCUT2D eigenvalue weighted by Crippen LogP contribution is 2.32. The second-order valence-corrected chi connectivity index (χ2v) is 6.93. The Kier molecular flexibility index (Phi) is 4.27. The Morgan fingerprint density at radius 3 is 2.10 bits per heavy atom. The van der Waals surface area contributed by atoms with E-state index in [2.05, 4.69) is 4.98 Å². The van der Waals surface area contributed by atoms with Crippen molar-refractivity contribution in [3.8, 4) is 34.4 Å². The maximum atomic E-state index is 12.9. The monoisotopic (exact) mass is 410 g/mol. The van der Waals surface area contributed by atoms with Gasteiger partial charge in [0.2, 0.25) is 0 Å². The standard InChI is InChI=1S/C20H18N4O6/c1-22-18-16(19(29)23(2)20(22)30)24(9-10-3-5-12(25)14(27)7-10)17(21-18)11-4-6-13(26)15(28)8-11/h3-8,25-28H,9H2,1-2H3. The molecule has 154 valence electrons. The van der Waals surface area contributed by atoms with Gasteiger partial charge in [0.15, 0.2) is 34.2 Å². The molecule has 0 atom stereocenters. The van der Waals surface area contributed by atoms with Gasteiger partial charge in [-0.3, -0.25) is 13.9 Å². The van der Waals surface area contributed by atoms with Crippen LogP contribution in [0.3, 0.4) is 0 Å². The van der Waals surface area contributed by atoms with E-state index in [9.17, 15) is 30.0 Å². The molecule has 0 radical (unpaired) electrons. The molecule has 0 aliphatic rings. The van der Waals surface area contributed by atoms with Crippen LogP contribution in [0.15, 0.2) is 46.0 Å². The number of imidazole rings is 1. The Morgan fingerprint density at radius 2 is 1.47 bits per heavy atom. The molecule has 4 rings (SSSR count). The number of benzene rings is 2. The summed E-state index contributed by atoms with van der Waals surface area (Å²) in [6, 6.07) is 8.35. The van der Waals surface area contributed by atoms with Crippen LogP contribution in [0.4, 0.5) is 0 Å². The summed E-state index contributed by atoms with van der Waals surface area (Å²) in [6.45, 7) is 0.0781. The Bertz CT molecular complexity index is 1430. The van der Waals surface area contributed by atoms with Crippen LogP contribution in [-0.4, -0.2) is 39.1 Å². The molecule has 4 N–H and O–H groups in total. The van der Waals surface area contributed by atoms with Crippen molar-refractivity contribution < 1.29 is 20.4 Å². The molecule has 0 spiro atoms. The first kappa shape index (κ1) is 19.1. The van der Waals surface area contributed by atoms with Gasteiger partial charge in [0.05, 0.1) is 6.54 Å². The molecule has 0 saturated carbocycles. The fourth-order valence-corrected chi connectivity index (χ4v) is 3.33. The zero-order valence-corrected chi connectivity index (χ0v) is 16.1. The molecule has 10 nitrogen and oxygen atoms in total. The number of phenolic OH excluding ortho intramolecular Hbond substituents is 4. The minimum absolute atomic E-state index is 0.0781. The average Bonchev–Trinajstić information content (AvgIpc) is 3.09. The molecule has 4 aromatic rings. The third-order valence-corrected chi connectivity index (χ3v) is 4.96. The molecule has 0 amide bonds. The Morgan fingerprint density at radius 1 is 0.833 bits per heavy atom. The van der Waals surface area contributed by atoms with Gasteiger partial charge in [0.25, 0.3) is 5.56 Å². The van der Waals surface area contributed by atoms with E-state index in [0.717, 1.165) is 4.57 Å². The third kappa shape index (κ3) is 2.85. The lowest BCUT2D eigenvalue weighted by Crippen LogP contribution is -2.37. The van der Waals surface area contributed by atoms with E-state index in [1.807, 2.05) is 0 Å². The van der Waals surface area contributed by atoms with E-state index in [4.69, 9.17) is 0 Å². The van der Waals surface area contributed by atoms with Gasteiger partial charge in [-0.05, 0) is 35.9 Å². The average molecular weight is 410 g/mol. The molecule has 10 heteroatoms. The van der Waals surface area contributed by atoms with E-state index in [1.54, 1.807) is 10.6 Å². The zero-order chi connectivity index (χ0) is 21.7. The number of hydrogen-bond acceptors (Lipinski definition) is 7. The van der Waals surface area contributed by atoms with Gasteiger partial charge in [-0.25, -0.2) is 9.78 Å². The summed E-state index contributed by atoms with van der Waals surface area (Å²) in [7, 11) is 2.85. The van der Waals surface area contributed by atoms with Crippen molar-refractivity contribution in [1.29, 1.82) is 0 Å². The molecular formula is C20H18N4O6. The molecule has 0 fully saturated rings. The molecule has 0 unspecified atom stereocenters. The number of fused-ring (bicyclic) bond motifs is 1. The molecule has 2 aromatic carbocycles. The molecule has 0 aliphatic carbocycles. The van der Waals surface area contributed by atoms with Crippen molar-refractivity contribution in [2.75, 3.05) is 0 Å². The molecule has 0 saturated heterocycles. The Balaban J connectivity index is 2.06. The van der Waals surface area contributed by atoms with Crippen molar-refractivity contribution in [3.05, 3.63) is 62.8 Å². The fraction of sp³-hybridized carbons (Fsp3) is 0.150. The van der Waals surface area contributed by atoms with Crippen LogP contribution in [0.1, 0.15) is 5.56 Å². The molecule has 2 heterocycles. The molecule has 0 aliphatic heterocycles. The first-order chi connectivity index (χ1) is 14.2. The molecular weight excluding hydrogens is 392 g/mol. The minimum Gasteiger partial charge on any atom is -0.504 e. The summed E-state index contributed by atoms with van der Waals surface area (Å²) in [5.74, 6) is -1.01. The maximum Gasteiger partial charge on any atom is 0.332 e. The summed E-state index contributed by atoms with van der Waals surface area (Å²) < 4.78 is 3.76. The maximum absolute atomic E-state index is 12.9. The fourth-order valence-electron chi connectivity index (χ4n) is 3.33. The van der Waals surface area contributed by atoms with Gasteiger partial charge in [-0.1, -0.05) is 6.07 Å². The van der Waals surface area contributed by atoms with E-state index in [0.29, 0.717) is 11.1 Å². The lowest BCUT2D eigenvalue weighted by molar-refractivity contribution is 0.403. The predicted molar refractivity (Wildman–Crippen MR) is 108 cm³/mol. The first-order valence-electron chi connectivity index (χ1n) is 8.88. The van der Waals surface area contributed by atoms with Crippen molar-refractivity contribution in [2.24, 2.45) is 14.1 Å². The van der Waals surface area contributed by atoms with Gasteiger partial charge >= 0.3 is 5.69 Å². The van der Waals surface area contributed by atoms with Gasteiger partial charge in [0.1, 0.15) is 5.82 Å². The minimum atomic E-state index is -0.558. The highest BCUT2D eigenvalue weighted by molar-refractivity contribution is 5.78. The smallest absolute Gasteiger partial charge is 0.332 e. The number of nitrogens with zero attached hydrogens (tertiary/aromatic N) is 4. The third-order valence-electron chi connectivity index (χ3n) is 4.96. The van der Waals surface area contributed by atoms with Crippen molar-refractivity contribution >= 4 is 11.2 Å². The Hall–Kier alpha value is -4.21.